The predicted molar refractivity (Wildman–Crippen MR) is 138 cm³/mol. The lowest BCUT2D eigenvalue weighted by Gasteiger charge is -2.14. The maximum Gasteiger partial charge on any atom is 0.337 e. The first-order valence-electron chi connectivity index (χ1n) is 10.3. The van der Waals surface area contributed by atoms with Crippen molar-refractivity contribution in [1.29, 1.82) is 0 Å². The summed E-state index contributed by atoms with van der Waals surface area (Å²) in [5.41, 5.74) is 1.42. The zero-order chi connectivity index (χ0) is 24.6. The summed E-state index contributed by atoms with van der Waals surface area (Å²) in [6.07, 6.45) is 0. The molecule has 0 amide bonds. The van der Waals surface area contributed by atoms with Gasteiger partial charge in [-0.1, -0.05) is 48.2 Å². The molecule has 0 radical (unpaired) electrons. The number of carbonyl (C=O) groups excluding carboxylic acids is 1. The number of aromatic nitrogens is 1. The van der Waals surface area contributed by atoms with Gasteiger partial charge >= 0.3 is 5.97 Å². The van der Waals surface area contributed by atoms with Crippen LogP contribution >= 0.6 is 23.1 Å². The third-order valence-corrected chi connectivity index (χ3v) is 8.79. The van der Waals surface area contributed by atoms with Crippen LogP contribution in [0.15, 0.2) is 93.0 Å². The Balaban J connectivity index is 1.54. The van der Waals surface area contributed by atoms with Gasteiger partial charge in [0.1, 0.15) is 5.75 Å². The minimum Gasteiger partial charge on any atom is -0.506 e. The molecular weight excluding hydrogens is 504 g/mol. The topological polar surface area (TPSA) is 106 Å². The van der Waals surface area contributed by atoms with Crippen LogP contribution in [0.2, 0.25) is 0 Å². The van der Waals surface area contributed by atoms with Gasteiger partial charge in [0.2, 0.25) is 0 Å². The van der Waals surface area contributed by atoms with Crippen LogP contribution in [0.1, 0.15) is 10.4 Å². The molecule has 7 nitrogen and oxygen atoms in total. The fraction of sp³-hybridized carbons (Fsp3) is 0.0400. The van der Waals surface area contributed by atoms with E-state index in [-0.39, 0.29) is 16.2 Å². The van der Waals surface area contributed by atoms with Crippen LogP contribution in [-0.4, -0.2) is 31.6 Å². The Morgan fingerprint density at radius 2 is 1.69 bits per heavy atom. The lowest BCUT2D eigenvalue weighted by molar-refractivity contribution is 0.0600. The summed E-state index contributed by atoms with van der Waals surface area (Å²) >= 11 is 2.76. The Bertz CT molecular complexity index is 1650. The molecule has 0 aliphatic carbocycles. The largest absolute Gasteiger partial charge is 0.506 e. The Hall–Kier alpha value is -3.60. The second kappa shape index (κ2) is 9.21. The van der Waals surface area contributed by atoms with Gasteiger partial charge in [-0.15, -0.1) is 11.3 Å². The van der Waals surface area contributed by atoms with Crippen molar-refractivity contribution in [1.82, 2.24) is 4.98 Å². The third kappa shape index (κ3) is 4.55. The highest BCUT2D eigenvalue weighted by Gasteiger charge is 2.20. The number of phenols is 1. The van der Waals surface area contributed by atoms with Crippen molar-refractivity contribution in [2.24, 2.45) is 0 Å². The SMILES string of the molecule is COC(=O)c1ccc(S(=O)(=O)Nc2cc(Sc3nc4ccccc4s3)c(O)c3ccccc23)cc1. The Morgan fingerprint density at radius 3 is 2.40 bits per heavy atom. The smallest absolute Gasteiger partial charge is 0.337 e. The summed E-state index contributed by atoms with van der Waals surface area (Å²) in [7, 11) is -2.72. The number of aromatic hydroxyl groups is 1. The molecule has 5 aromatic rings. The van der Waals surface area contributed by atoms with E-state index in [0.717, 1.165) is 14.6 Å². The van der Waals surface area contributed by atoms with Gasteiger partial charge in [-0.05, 0) is 42.5 Å². The molecule has 1 aromatic heterocycles. The van der Waals surface area contributed by atoms with Gasteiger partial charge in [-0.3, -0.25) is 4.72 Å². The number of carbonyl (C=O) groups is 1. The van der Waals surface area contributed by atoms with Crippen molar-refractivity contribution >= 4 is 65.8 Å². The van der Waals surface area contributed by atoms with Crippen molar-refractivity contribution in [2.75, 3.05) is 11.8 Å². The number of esters is 1. The number of hydrogen-bond acceptors (Lipinski definition) is 8. The van der Waals surface area contributed by atoms with Gasteiger partial charge in [0.25, 0.3) is 10.0 Å². The number of fused-ring (bicyclic) bond motifs is 2. The number of para-hydroxylation sites is 1. The van der Waals surface area contributed by atoms with Crippen LogP contribution in [-0.2, 0) is 14.8 Å². The highest BCUT2D eigenvalue weighted by Crippen LogP contribution is 2.44. The molecule has 0 saturated carbocycles. The number of nitrogens with zero attached hydrogens (tertiary/aromatic N) is 1. The molecule has 4 aromatic carbocycles. The molecule has 0 aliphatic rings. The van der Waals surface area contributed by atoms with Gasteiger partial charge in [-0.2, -0.15) is 0 Å². The van der Waals surface area contributed by atoms with Crippen molar-refractivity contribution in [3.8, 4) is 5.75 Å². The third-order valence-electron chi connectivity index (χ3n) is 5.28. The van der Waals surface area contributed by atoms with E-state index in [1.54, 1.807) is 30.3 Å². The zero-order valence-electron chi connectivity index (χ0n) is 18.3. The Morgan fingerprint density at radius 1 is 1.00 bits per heavy atom. The van der Waals surface area contributed by atoms with Crippen LogP contribution in [0.5, 0.6) is 5.75 Å². The van der Waals surface area contributed by atoms with Gasteiger partial charge in [0, 0.05) is 10.8 Å². The summed E-state index contributed by atoms with van der Waals surface area (Å²) in [6.45, 7) is 0. The number of hydrogen-bond donors (Lipinski definition) is 2. The molecule has 0 spiro atoms. The number of ether oxygens (including phenoxy) is 1. The standard InChI is InChI=1S/C25H18N2O5S3/c1-32-24(29)15-10-12-16(13-11-15)35(30,31)27-20-14-22(23(28)18-7-3-2-6-17(18)20)34-25-26-19-8-4-5-9-21(19)33-25/h2-14,27-28H,1H3. The fourth-order valence-corrected chi connectivity index (χ4v) is 6.77. The van der Waals surface area contributed by atoms with E-state index in [0.29, 0.717) is 21.4 Å². The molecular formula is C25H18N2O5S3. The van der Waals surface area contributed by atoms with Gasteiger partial charge in [0.05, 0.1) is 38.4 Å². The Labute approximate surface area is 209 Å². The molecule has 35 heavy (non-hydrogen) atoms. The summed E-state index contributed by atoms with van der Waals surface area (Å²) < 4.78 is 35.4. The second-order valence-electron chi connectivity index (χ2n) is 7.49. The molecule has 5 rings (SSSR count). The maximum absolute atomic E-state index is 13.2. The lowest BCUT2D eigenvalue weighted by atomic mass is 10.1. The molecule has 0 aliphatic heterocycles. The molecule has 2 N–H and O–H groups in total. The monoisotopic (exact) mass is 522 g/mol. The second-order valence-corrected chi connectivity index (χ2v) is 11.5. The van der Waals surface area contributed by atoms with Crippen molar-refractivity contribution in [3.05, 3.63) is 84.4 Å². The maximum atomic E-state index is 13.2. The number of sulfonamides is 1. The first-order valence-corrected chi connectivity index (χ1v) is 13.5. The van der Waals surface area contributed by atoms with E-state index in [2.05, 4.69) is 14.4 Å². The van der Waals surface area contributed by atoms with Crippen molar-refractivity contribution in [3.63, 3.8) is 0 Å². The molecule has 1 heterocycles. The molecule has 0 saturated heterocycles. The number of nitrogens with one attached hydrogen (secondary N) is 1. The van der Waals surface area contributed by atoms with Crippen LogP contribution in [0, 0.1) is 0 Å². The fourth-order valence-electron chi connectivity index (χ4n) is 3.58. The first-order chi connectivity index (χ1) is 16.9. The van der Waals surface area contributed by atoms with Crippen LogP contribution < -0.4 is 4.72 Å². The summed E-state index contributed by atoms with van der Waals surface area (Å²) in [6, 6.07) is 21.8. The molecule has 0 atom stereocenters. The number of benzene rings is 4. The van der Waals surface area contributed by atoms with E-state index in [9.17, 15) is 18.3 Å². The predicted octanol–water partition coefficient (Wildman–Crippen LogP) is 5.89. The highest BCUT2D eigenvalue weighted by atomic mass is 32.2. The van der Waals surface area contributed by atoms with Crippen molar-refractivity contribution in [2.45, 2.75) is 14.1 Å². The summed E-state index contributed by atoms with van der Waals surface area (Å²) in [5, 5.41) is 12.0. The summed E-state index contributed by atoms with van der Waals surface area (Å²) in [4.78, 5) is 16.7. The zero-order valence-corrected chi connectivity index (χ0v) is 20.7. The first kappa shape index (κ1) is 23.2. The van der Waals surface area contributed by atoms with E-state index in [1.165, 1.54) is 54.5 Å². The van der Waals surface area contributed by atoms with E-state index in [4.69, 9.17) is 0 Å². The minimum absolute atomic E-state index is 0.0114. The lowest BCUT2D eigenvalue weighted by Crippen LogP contribution is -2.13. The van der Waals surface area contributed by atoms with E-state index in [1.807, 2.05) is 24.3 Å². The average Bonchev–Trinajstić information content (AvgIpc) is 3.29. The number of phenolic OH excluding ortho intramolecular Hbond substituents is 1. The molecule has 0 bridgehead atoms. The van der Waals surface area contributed by atoms with Crippen molar-refractivity contribution < 1.29 is 23.1 Å². The van der Waals surface area contributed by atoms with Crippen LogP contribution in [0.3, 0.4) is 0 Å². The normalized spacial score (nSPS) is 11.6. The van der Waals surface area contributed by atoms with Gasteiger partial charge in [-0.25, -0.2) is 18.2 Å². The molecule has 176 valence electrons. The Kier molecular flexibility index (Phi) is 6.10. The van der Waals surface area contributed by atoms with Gasteiger partial charge < -0.3 is 9.84 Å². The number of anilines is 1. The number of methoxy groups -OCH3 is 1. The molecule has 0 unspecified atom stereocenters. The average molecular weight is 523 g/mol. The number of rotatable bonds is 6. The van der Waals surface area contributed by atoms with E-state index >= 15 is 0 Å². The highest BCUT2D eigenvalue weighted by molar-refractivity contribution is 8.01. The van der Waals surface area contributed by atoms with E-state index < -0.39 is 16.0 Å². The summed E-state index contributed by atoms with van der Waals surface area (Å²) in [5.74, 6) is -0.502. The van der Waals surface area contributed by atoms with Gasteiger partial charge in [0.15, 0.2) is 4.34 Å². The molecule has 10 heteroatoms. The van der Waals surface area contributed by atoms with Crippen LogP contribution in [0.25, 0.3) is 21.0 Å². The number of thiazole rings is 1. The van der Waals surface area contributed by atoms with Crippen LogP contribution in [0.4, 0.5) is 5.69 Å². The molecule has 0 fully saturated rings. The quantitative estimate of drug-likeness (QED) is 0.211. The minimum atomic E-state index is -3.98.